The van der Waals surface area contributed by atoms with Gasteiger partial charge in [0.25, 0.3) is 0 Å². The minimum absolute atomic E-state index is 0.300. The summed E-state index contributed by atoms with van der Waals surface area (Å²) in [5, 5.41) is 3.21. The standard InChI is InChI=1S/C13H18F2N2/c1-10-2-3-11(12(15)8-10)13(9-14)17-6-4-16-5-7-17/h2-3,8,13,16H,4-7,9H2,1H3/t13-/m0/s1. The second-order valence-corrected chi connectivity index (χ2v) is 4.48. The second kappa shape index (κ2) is 5.56. The third-order valence-corrected chi connectivity index (χ3v) is 3.25. The molecule has 2 rings (SSSR count). The van der Waals surface area contributed by atoms with Crippen molar-refractivity contribution in [1.82, 2.24) is 10.2 Å². The first-order chi connectivity index (χ1) is 8.22. The fourth-order valence-corrected chi connectivity index (χ4v) is 2.27. The van der Waals surface area contributed by atoms with Crippen molar-refractivity contribution in [3.8, 4) is 0 Å². The van der Waals surface area contributed by atoms with Gasteiger partial charge in [-0.3, -0.25) is 4.90 Å². The number of aryl methyl sites for hydroxylation is 1. The van der Waals surface area contributed by atoms with Crippen molar-refractivity contribution in [3.63, 3.8) is 0 Å². The van der Waals surface area contributed by atoms with Crippen LogP contribution in [-0.4, -0.2) is 37.8 Å². The lowest BCUT2D eigenvalue weighted by Crippen LogP contribution is -2.45. The zero-order valence-electron chi connectivity index (χ0n) is 10.0. The molecule has 1 saturated heterocycles. The summed E-state index contributed by atoms with van der Waals surface area (Å²) in [5.74, 6) is -0.300. The maximum atomic E-state index is 13.8. The van der Waals surface area contributed by atoms with Crippen LogP contribution in [0, 0.1) is 12.7 Å². The van der Waals surface area contributed by atoms with E-state index in [0.29, 0.717) is 5.56 Å². The molecular formula is C13H18F2N2. The molecule has 1 N–H and O–H groups in total. The van der Waals surface area contributed by atoms with E-state index in [4.69, 9.17) is 0 Å². The molecular weight excluding hydrogens is 222 g/mol. The molecule has 1 fully saturated rings. The highest BCUT2D eigenvalue weighted by Crippen LogP contribution is 2.25. The summed E-state index contributed by atoms with van der Waals surface area (Å²) in [6.45, 7) is 4.50. The van der Waals surface area contributed by atoms with Crippen molar-refractivity contribution in [2.24, 2.45) is 0 Å². The maximum absolute atomic E-state index is 13.8. The molecule has 0 aromatic heterocycles. The summed E-state index contributed by atoms with van der Waals surface area (Å²) in [7, 11) is 0. The van der Waals surface area contributed by atoms with Crippen LogP contribution in [0.4, 0.5) is 8.78 Å². The average Bonchev–Trinajstić information content (AvgIpc) is 2.34. The van der Waals surface area contributed by atoms with Crippen LogP contribution < -0.4 is 5.32 Å². The van der Waals surface area contributed by atoms with Gasteiger partial charge in [-0.15, -0.1) is 0 Å². The van der Waals surface area contributed by atoms with Crippen LogP contribution in [0.15, 0.2) is 18.2 Å². The molecule has 1 atom stereocenters. The van der Waals surface area contributed by atoms with E-state index in [1.165, 1.54) is 6.07 Å². The Hall–Kier alpha value is -1.00. The monoisotopic (exact) mass is 240 g/mol. The Kier molecular flexibility index (Phi) is 4.07. The zero-order chi connectivity index (χ0) is 12.3. The van der Waals surface area contributed by atoms with Crippen LogP contribution in [0.25, 0.3) is 0 Å². The van der Waals surface area contributed by atoms with Gasteiger partial charge in [0.2, 0.25) is 0 Å². The molecule has 0 amide bonds. The van der Waals surface area contributed by atoms with E-state index in [1.807, 2.05) is 17.9 Å². The number of halogens is 2. The number of piperazine rings is 1. The fourth-order valence-electron chi connectivity index (χ4n) is 2.27. The molecule has 1 heterocycles. The minimum Gasteiger partial charge on any atom is -0.314 e. The second-order valence-electron chi connectivity index (χ2n) is 4.48. The minimum atomic E-state index is -0.542. The van der Waals surface area contributed by atoms with Gasteiger partial charge in [-0.2, -0.15) is 0 Å². The Bertz CT molecular complexity index is 376. The van der Waals surface area contributed by atoms with Crippen molar-refractivity contribution in [2.75, 3.05) is 32.9 Å². The van der Waals surface area contributed by atoms with Crippen molar-refractivity contribution in [3.05, 3.63) is 35.1 Å². The van der Waals surface area contributed by atoms with E-state index < -0.39 is 12.7 Å². The van der Waals surface area contributed by atoms with E-state index in [-0.39, 0.29) is 5.82 Å². The van der Waals surface area contributed by atoms with E-state index in [0.717, 1.165) is 31.7 Å². The third-order valence-electron chi connectivity index (χ3n) is 3.25. The Labute approximate surface area is 101 Å². The van der Waals surface area contributed by atoms with E-state index in [9.17, 15) is 8.78 Å². The maximum Gasteiger partial charge on any atom is 0.128 e. The average molecular weight is 240 g/mol. The Morgan fingerprint density at radius 1 is 1.35 bits per heavy atom. The van der Waals surface area contributed by atoms with Crippen LogP contribution in [0.2, 0.25) is 0 Å². The number of alkyl halides is 1. The van der Waals surface area contributed by atoms with E-state index >= 15 is 0 Å². The highest BCUT2D eigenvalue weighted by molar-refractivity contribution is 5.26. The smallest absolute Gasteiger partial charge is 0.128 e. The van der Waals surface area contributed by atoms with Crippen LogP contribution in [0.1, 0.15) is 17.2 Å². The van der Waals surface area contributed by atoms with Gasteiger partial charge in [0, 0.05) is 31.7 Å². The lowest BCUT2D eigenvalue weighted by molar-refractivity contribution is 0.144. The summed E-state index contributed by atoms with van der Waals surface area (Å²) in [6.07, 6.45) is 0. The zero-order valence-corrected chi connectivity index (χ0v) is 10.0. The van der Waals surface area contributed by atoms with Crippen molar-refractivity contribution < 1.29 is 8.78 Å². The van der Waals surface area contributed by atoms with Gasteiger partial charge in [0.15, 0.2) is 0 Å². The molecule has 17 heavy (non-hydrogen) atoms. The Morgan fingerprint density at radius 2 is 2.06 bits per heavy atom. The third kappa shape index (κ3) is 2.82. The van der Waals surface area contributed by atoms with Gasteiger partial charge < -0.3 is 5.32 Å². The van der Waals surface area contributed by atoms with Gasteiger partial charge >= 0.3 is 0 Å². The molecule has 1 aliphatic heterocycles. The largest absolute Gasteiger partial charge is 0.314 e. The number of rotatable bonds is 3. The molecule has 4 heteroatoms. The molecule has 0 bridgehead atoms. The first-order valence-electron chi connectivity index (χ1n) is 5.99. The summed E-state index contributed by atoms with van der Waals surface area (Å²) < 4.78 is 27.0. The quantitative estimate of drug-likeness (QED) is 0.870. The summed E-state index contributed by atoms with van der Waals surface area (Å²) in [5.41, 5.74) is 1.34. The number of hydrogen-bond acceptors (Lipinski definition) is 2. The van der Waals surface area contributed by atoms with Gasteiger partial charge in [-0.1, -0.05) is 12.1 Å². The molecule has 2 nitrogen and oxygen atoms in total. The molecule has 1 aromatic carbocycles. The topological polar surface area (TPSA) is 15.3 Å². The summed E-state index contributed by atoms with van der Waals surface area (Å²) >= 11 is 0. The molecule has 0 radical (unpaired) electrons. The van der Waals surface area contributed by atoms with E-state index in [2.05, 4.69) is 5.32 Å². The van der Waals surface area contributed by atoms with Crippen molar-refractivity contribution >= 4 is 0 Å². The molecule has 1 aliphatic rings. The van der Waals surface area contributed by atoms with Gasteiger partial charge in [-0.25, -0.2) is 8.78 Å². The molecule has 0 saturated carbocycles. The van der Waals surface area contributed by atoms with Crippen LogP contribution in [0.5, 0.6) is 0 Å². The molecule has 1 aromatic rings. The summed E-state index contributed by atoms with van der Waals surface area (Å²) in [4.78, 5) is 2.00. The highest BCUT2D eigenvalue weighted by Gasteiger charge is 2.24. The van der Waals surface area contributed by atoms with Crippen LogP contribution in [-0.2, 0) is 0 Å². The first-order valence-corrected chi connectivity index (χ1v) is 5.99. The van der Waals surface area contributed by atoms with E-state index in [1.54, 1.807) is 6.07 Å². The number of nitrogens with zero attached hydrogens (tertiary/aromatic N) is 1. The number of nitrogens with one attached hydrogen (secondary N) is 1. The normalized spacial score (nSPS) is 19.2. The predicted octanol–water partition coefficient (Wildman–Crippen LogP) is 2.05. The SMILES string of the molecule is Cc1ccc([C@H](CF)N2CCNCC2)c(F)c1. The lowest BCUT2D eigenvalue weighted by Gasteiger charge is -2.33. The number of benzene rings is 1. The fraction of sp³-hybridized carbons (Fsp3) is 0.538. The molecule has 94 valence electrons. The molecule has 0 spiro atoms. The molecule has 0 unspecified atom stereocenters. The molecule has 0 aliphatic carbocycles. The first kappa shape index (κ1) is 12.5. The highest BCUT2D eigenvalue weighted by atomic mass is 19.1. The van der Waals surface area contributed by atoms with Crippen molar-refractivity contribution in [2.45, 2.75) is 13.0 Å². The Morgan fingerprint density at radius 3 is 2.65 bits per heavy atom. The van der Waals surface area contributed by atoms with Crippen LogP contribution in [0.3, 0.4) is 0 Å². The van der Waals surface area contributed by atoms with Gasteiger partial charge in [0.1, 0.15) is 12.5 Å². The van der Waals surface area contributed by atoms with Crippen LogP contribution >= 0.6 is 0 Å². The summed E-state index contributed by atoms with van der Waals surface area (Å²) in [6, 6.07) is 4.57. The van der Waals surface area contributed by atoms with Gasteiger partial charge in [-0.05, 0) is 18.6 Å². The number of hydrogen-bond donors (Lipinski definition) is 1. The Balaban J connectivity index is 2.21. The van der Waals surface area contributed by atoms with Gasteiger partial charge in [0.05, 0.1) is 6.04 Å². The lowest BCUT2D eigenvalue weighted by atomic mass is 10.0. The van der Waals surface area contributed by atoms with Crippen molar-refractivity contribution in [1.29, 1.82) is 0 Å². The predicted molar refractivity (Wildman–Crippen MR) is 64.3 cm³/mol.